The van der Waals surface area contributed by atoms with Gasteiger partial charge in [-0.25, -0.2) is 0 Å². The molecule has 10 heteroatoms. The Labute approximate surface area is 179 Å². The fourth-order valence-corrected chi connectivity index (χ4v) is 5.45. The summed E-state index contributed by atoms with van der Waals surface area (Å²) in [6, 6.07) is 6.89. The van der Waals surface area contributed by atoms with Gasteiger partial charge in [-0.15, -0.1) is 21.5 Å². The standard InChI is InChI=1S/C20H16ClF3N4OS/c21-16-12(5-2-6-13(16)20(22,23)24)19(29)28-11-4-1-7-14(28)17-25-26-18(27(17)10-11)15-8-3-9-30-15/h2-3,5-6,8-9,11,14H,1,4,7,10H2/t11-,14-/m1/s1. The number of hydrogen-bond donors (Lipinski definition) is 0. The van der Waals surface area contributed by atoms with E-state index in [4.69, 9.17) is 11.6 Å². The number of hydrogen-bond acceptors (Lipinski definition) is 4. The zero-order chi connectivity index (χ0) is 21.0. The van der Waals surface area contributed by atoms with Crippen molar-refractivity contribution >= 4 is 28.8 Å². The van der Waals surface area contributed by atoms with Gasteiger partial charge in [0.05, 0.1) is 33.1 Å². The molecule has 2 aliphatic rings. The fraction of sp³-hybridized carbons (Fsp3) is 0.350. The maximum Gasteiger partial charge on any atom is 0.417 e. The monoisotopic (exact) mass is 452 g/mol. The highest BCUT2D eigenvalue weighted by atomic mass is 35.5. The molecule has 156 valence electrons. The Morgan fingerprint density at radius 3 is 2.73 bits per heavy atom. The third kappa shape index (κ3) is 3.02. The number of alkyl halides is 3. The molecule has 5 nitrogen and oxygen atoms in total. The fourth-order valence-electron chi connectivity index (χ4n) is 4.42. The van der Waals surface area contributed by atoms with Crippen LogP contribution in [-0.4, -0.2) is 31.6 Å². The molecule has 0 saturated carbocycles. The lowest BCUT2D eigenvalue weighted by Crippen LogP contribution is -2.52. The van der Waals surface area contributed by atoms with Gasteiger partial charge in [0.1, 0.15) is 0 Å². The highest BCUT2D eigenvalue weighted by molar-refractivity contribution is 7.13. The molecule has 0 unspecified atom stereocenters. The van der Waals surface area contributed by atoms with E-state index in [2.05, 4.69) is 10.2 Å². The molecule has 0 radical (unpaired) electrons. The molecular weight excluding hydrogens is 437 g/mol. The van der Waals surface area contributed by atoms with Gasteiger partial charge in [-0.3, -0.25) is 4.79 Å². The summed E-state index contributed by atoms with van der Waals surface area (Å²) in [5.74, 6) is 0.944. The second kappa shape index (κ2) is 7.09. The molecule has 2 atom stereocenters. The van der Waals surface area contributed by atoms with Crippen LogP contribution in [0.3, 0.4) is 0 Å². The molecule has 0 aliphatic carbocycles. The Balaban J connectivity index is 1.55. The van der Waals surface area contributed by atoms with Crippen molar-refractivity contribution < 1.29 is 18.0 Å². The first-order chi connectivity index (χ1) is 14.4. The number of halogens is 4. The Morgan fingerprint density at radius 2 is 2.00 bits per heavy atom. The summed E-state index contributed by atoms with van der Waals surface area (Å²) >= 11 is 7.60. The molecule has 1 saturated heterocycles. The molecule has 1 amide bonds. The minimum absolute atomic E-state index is 0.130. The topological polar surface area (TPSA) is 51.0 Å². The first kappa shape index (κ1) is 19.6. The highest BCUT2D eigenvalue weighted by Crippen LogP contribution is 2.43. The minimum atomic E-state index is -4.62. The number of aromatic nitrogens is 3. The van der Waals surface area contributed by atoms with E-state index in [1.54, 1.807) is 16.2 Å². The maximum atomic E-state index is 13.4. The number of fused-ring (bicyclic) bond motifs is 4. The smallest absolute Gasteiger partial charge is 0.324 e. The van der Waals surface area contributed by atoms with Crippen LogP contribution in [0.5, 0.6) is 0 Å². The molecule has 3 aromatic rings. The number of nitrogens with zero attached hydrogens (tertiary/aromatic N) is 4. The van der Waals surface area contributed by atoms with E-state index in [0.29, 0.717) is 18.8 Å². The average molecular weight is 453 g/mol. The molecule has 2 bridgehead atoms. The first-order valence-electron chi connectivity index (χ1n) is 9.51. The molecule has 1 fully saturated rings. The average Bonchev–Trinajstić information content (AvgIpc) is 3.35. The van der Waals surface area contributed by atoms with Crippen molar-refractivity contribution in [2.45, 2.75) is 44.1 Å². The summed E-state index contributed by atoms with van der Waals surface area (Å²) in [5, 5.41) is 10.1. The van der Waals surface area contributed by atoms with Crippen LogP contribution in [0.2, 0.25) is 5.02 Å². The van der Waals surface area contributed by atoms with E-state index in [1.165, 1.54) is 12.1 Å². The Hall–Kier alpha value is -2.39. The predicted molar refractivity (Wildman–Crippen MR) is 106 cm³/mol. The van der Waals surface area contributed by atoms with Crippen LogP contribution in [0.4, 0.5) is 13.2 Å². The highest BCUT2D eigenvalue weighted by Gasteiger charge is 2.44. The van der Waals surface area contributed by atoms with Gasteiger partial charge in [0, 0.05) is 6.54 Å². The summed E-state index contributed by atoms with van der Waals surface area (Å²) in [7, 11) is 0. The lowest BCUT2D eigenvalue weighted by Gasteiger charge is -2.45. The maximum absolute atomic E-state index is 13.4. The Kier molecular flexibility index (Phi) is 4.62. The van der Waals surface area contributed by atoms with Gasteiger partial charge >= 0.3 is 6.18 Å². The van der Waals surface area contributed by atoms with E-state index < -0.39 is 22.7 Å². The normalized spacial score (nSPS) is 20.9. The molecule has 4 heterocycles. The van der Waals surface area contributed by atoms with Gasteiger partial charge in [-0.1, -0.05) is 23.7 Å². The van der Waals surface area contributed by atoms with Crippen molar-refractivity contribution in [2.75, 3.05) is 0 Å². The van der Waals surface area contributed by atoms with E-state index in [9.17, 15) is 18.0 Å². The number of rotatable bonds is 2. The van der Waals surface area contributed by atoms with Crippen LogP contribution in [0, 0.1) is 0 Å². The molecule has 2 aromatic heterocycles. The third-order valence-electron chi connectivity index (χ3n) is 5.73. The molecule has 0 spiro atoms. The van der Waals surface area contributed by atoms with E-state index >= 15 is 0 Å². The molecule has 30 heavy (non-hydrogen) atoms. The van der Waals surface area contributed by atoms with Crippen LogP contribution < -0.4 is 0 Å². The molecule has 1 aromatic carbocycles. The van der Waals surface area contributed by atoms with Gasteiger partial charge in [0.15, 0.2) is 11.6 Å². The summed E-state index contributed by atoms with van der Waals surface area (Å²) in [6.45, 7) is 0.508. The molecule has 5 rings (SSSR count). The van der Waals surface area contributed by atoms with Gasteiger partial charge in [-0.2, -0.15) is 13.2 Å². The number of piperidine rings is 1. The Morgan fingerprint density at radius 1 is 1.17 bits per heavy atom. The first-order valence-corrected chi connectivity index (χ1v) is 10.8. The van der Waals surface area contributed by atoms with Crippen molar-refractivity contribution in [1.82, 2.24) is 19.7 Å². The quantitative estimate of drug-likeness (QED) is 0.521. The SMILES string of the molecule is O=C(c1cccc(C(F)(F)F)c1Cl)N1[C@@H]2CCC[C@@H]1c1nnc(-c3cccs3)n1C2. The van der Waals surface area contributed by atoms with Crippen LogP contribution in [0.1, 0.15) is 47.1 Å². The van der Waals surface area contributed by atoms with Crippen LogP contribution in [0.25, 0.3) is 10.7 Å². The van der Waals surface area contributed by atoms with Crippen molar-refractivity contribution in [3.8, 4) is 10.7 Å². The van der Waals surface area contributed by atoms with E-state index in [-0.39, 0.29) is 17.6 Å². The number of amides is 1. The van der Waals surface area contributed by atoms with Crippen LogP contribution in [0.15, 0.2) is 35.7 Å². The minimum Gasteiger partial charge on any atom is -0.324 e. The van der Waals surface area contributed by atoms with Crippen molar-refractivity contribution in [1.29, 1.82) is 0 Å². The predicted octanol–water partition coefficient (Wildman–Crippen LogP) is 5.43. The van der Waals surface area contributed by atoms with E-state index in [0.717, 1.165) is 29.6 Å². The lowest BCUT2D eigenvalue weighted by molar-refractivity contribution is -0.137. The zero-order valence-corrected chi connectivity index (χ0v) is 17.1. The summed E-state index contributed by atoms with van der Waals surface area (Å²) in [5.41, 5.74) is -1.13. The molecule has 0 N–H and O–H groups in total. The van der Waals surface area contributed by atoms with Crippen molar-refractivity contribution in [3.63, 3.8) is 0 Å². The van der Waals surface area contributed by atoms with Crippen LogP contribution in [-0.2, 0) is 12.7 Å². The number of benzene rings is 1. The van der Waals surface area contributed by atoms with Gasteiger partial charge < -0.3 is 9.47 Å². The zero-order valence-electron chi connectivity index (χ0n) is 15.6. The number of carbonyl (C=O) groups is 1. The van der Waals surface area contributed by atoms with E-state index in [1.807, 2.05) is 22.1 Å². The number of thiophene rings is 1. The largest absolute Gasteiger partial charge is 0.417 e. The summed E-state index contributed by atoms with van der Waals surface area (Å²) in [6.07, 6.45) is -2.26. The lowest BCUT2D eigenvalue weighted by atomic mass is 9.90. The van der Waals surface area contributed by atoms with Gasteiger partial charge in [-0.05, 0) is 42.8 Å². The second-order valence-corrected chi connectivity index (χ2v) is 8.77. The van der Waals surface area contributed by atoms with Crippen molar-refractivity contribution in [3.05, 3.63) is 57.7 Å². The third-order valence-corrected chi connectivity index (χ3v) is 7.00. The molecule has 2 aliphatic heterocycles. The second-order valence-electron chi connectivity index (χ2n) is 7.45. The van der Waals surface area contributed by atoms with Crippen molar-refractivity contribution in [2.24, 2.45) is 0 Å². The van der Waals surface area contributed by atoms with Gasteiger partial charge in [0.25, 0.3) is 5.91 Å². The Bertz CT molecular complexity index is 1110. The van der Waals surface area contributed by atoms with Crippen LogP contribution >= 0.6 is 22.9 Å². The number of carbonyl (C=O) groups excluding carboxylic acids is 1. The summed E-state index contributed by atoms with van der Waals surface area (Å²) < 4.78 is 41.8. The summed E-state index contributed by atoms with van der Waals surface area (Å²) in [4.78, 5) is 16.0. The van der Waals surface area contributed by atoms with Gasteiger partial charge in [0.2, 0.25) is 0 Å². The molecular formula is C20H16ClF3N4OS.